The number of aromatic nitrogens is 4. The van der Waals surface area contributed by atoms with Crippen molar-refractivity contribution in [2.75, 3.05) is 20.8 Å². The van der Waals surface area contributed by atoms with Gasteiger partial charge >= 0.3 is 0 Å². The molecule has 0 aromatic carbocycles. The number of aryl methyl sites for hydroxylation is 2. The summed E-state index contributed by atoms with van der Waals surface area (Å²) in [6.07, 6.45) is 2.72. The maximum Gasteiger partial charge on any atom is 0.291 e. The highest BCUT2D eigenvalue weighted by Crippen LogP contribution is 2.43. The van der Waals surface area contributed by atoms with E-state index in [2.05, 4.69) is 36.2 Å². The Bertz CT molecular complexity index is 1090. The molecule has 1 N–H and O–H groups in total. The van der Waals surface area contributed by atoms with Gasteiger partial charge in [0.1, 0.15) is 10.7 Å². The molecule has 0 spiro atoms. The number of ether oxygens (including phenoxy) is 2. The lowest BCUT2D eigenvalue weighted by Gasteiger charge is -2.33. The number of hydrogen-bond donors (Lipinski definition) is 1. The first kappa shape index (κ1) is 21.1. The van der Waals surface area contributed by atoms with Gasteiger partial charge in [0, 0.05) is 19.1 Å². The van der Waals surface area contributed by atoms with Gasteiger partial charge < -0.3 is 14.8 Å². The van der Waals surface area contributed by atoms with Crippen LogP contribution in [0.4, 0.5) is 0 Å². The summed E-state index contributed by atoms with van der Waals surface area (Å²) in [7, 11) is 3.05. The van der Waals surface area contributed by atoms with Crippen LogP contribution in [-0.2, 0) is 22.3 Å². The van der Waals surface area contributed by atoms with Crippen molar-refractivity contribution in [1.82, 2.24) is 24.9 Å². The summed E-state index contributed by atoms with van der Waals surface area (Å²) in [6, 6.07) is 0. The van der Waals surface area contributed by atoms with Crippen molar-refractivity contribution in [1.29, 1.82) is 0 Å². The zero-order chi connectivity index (χ0) is 21.6. The molecule has 1 amide bonds. The van der Waals surface area contributed by atoms with E-state index in [0.29, 0.717) is 11.6 Å². The molecule has 1 atom stereocenters. The number of methoxy groups -OCH3 is 2. The molecule has 1 aliphatic rings. The highest BCUT2D eigenvalue weighted by Gasteiger charge is 2.32. The number of nitrogens with zero attached hydrogens (tertiary/aromatic N) is 4. The molecule has 0 aliphatic heterocycles. The fourth-order valence-electron chi connectivity index (χ4n) is 4.13. The van der Waals surface area contributed by atoms with Crippen LogP contribution in [0.15, 0.2) is 0 Å². The minimum absolute atomic E-state index is 0.127. The molecule has 0 bridgehead atoms. The Kier molecular flexibility index (Phi) is 5.54. The van der Waals surface area contributed by atoms with E-state index in [4.69, 9.17) is 14.5 Å². The summed E-state index contributed by atoms with van der Waals surface area (Å²) >= 11 is 1.76. The molecular formula is C21H29N5O3S. The molecule has 3 aromatic heterocycles. The van der Waals surface area contributed by atoms with Crippen molar-refractivity contribution < 1.29 is 14.3 Å². The van der Waals surface area contributed by atoms with Crippen LogP contribution in [0.3, 0.4) is 0 Å². The molecule has 0 saturated carbocycles. The van der Waals surface area contributed by atoms with Crippen molar-refractivity contribution in [2.24, 2.45) is 11.3 Å². The van der Waals surface area contributed by atoms with E-state index in [1.54, 1.807) is 15.9 Å². The lowest BCUT2D eigenvalue weighted by atomic mass is 9.72. The SMILES string of the molecule is COC(CNC(=O)c1nc2c3c4c(sc3nc(C)n2n1)CC(C(C)(C)C)CC4)OC. The Morgan fingerprint density at radius 1 is 1.30 bits per heavy atom. The Balaban J connectivity index is 1.72. The van der Waals surface area contributed by atoms with Crippen molar-refractivity contribution >= 4 is 33.1 Å². The van der Waals surface area contributed by atoms with Gasteiger partial charge in [-0.15, -0.1) is 16.4 Å². The topological polar surface area (TPSA) is 90.6 Å². The summed E-state index contributed by atoms with van der Waals surface area (Å²) in [5.41, 5.74) is 2.32. The standard InChI is InChI=1S/C21H29N5O3S/c1-11-23-20-16(13-8-7-12(21(2,3)4)9-14(13)30-20)18-24-17(25-26(11)18)19(27)22-10-15(28-5)29-6/h12,15H,7-10H2,1-6H3,(H,22,27). The summed E-state index contributed by atoms with van der Waals surface area (Å²) in [4.78, 5) is 24.4. The third-order valence-electron chi connectivity index (χ3n) is 6.03. The molecule has 3 heterocycles. The summed E-state index contributed by atoms with van der Waals surface area (Å²) < 4.78 is 11.9. The molecule has 162 valence electrons. The monoisotopic (exact) mass is 431 g/mol. The van der Waals surface area contributed by atoms with E-state index in [-0.39, 0.29) is 23.7 Å². The molecule has 4 rings (SSSR count). The van der Waals surface area contributed by atoms with Gasteiger partial charge in [0.05, 0.1) is 11.9 Å². The number of rotatable bonds is 5. The third kappa shape index (κ3) is 3.70. The molecule has 8 nitrogen and oxygen atoms in total. The first-order valence-corrected chi connectivity index (χ1v) is 11.1. The van der Waals surface area contributed by atoms with Gasteiger partial charge in [-0.25, -0.2) is 9.97 Å². The van der Waals surface area contributed by atoms with Gasteiger partial charge in [-0.3, -0.25) is 4.79 Å². The molecule has 0 saturated heterocycles. The van der Waals surface area contributed by atoms with Gasteiger partial charge in [-0.2, -0.15) is 4.52 Å². The van der Waals surface area contributed by atoms with Crippen LogP contribution in [0.25, 0.3) is 15.9 Å². The van der Waals surface area contributed by atoms with Crippen molar-refractivity contribution in [3.05, 3.63) is 22.1 Å². The van der Waals surface area contributed by atoms with E-state index in [0.717, 1.165) is 35.3 Å². The average molecular weight is 432 g/mol. The second-order valence-electron chi connectivity index (χ2n) is 8.93. The molecule has 30 heavy (non-hydrogen) atoms. The summed E-state index contributed by atoms with van der Waals surface area (Å²) in [6.45, 7) is 9.06. The van der Waals surface area contributed by atoms with Gasteiger partial charge in [0.25, 0.3) is 5.91 Å². The second kappa shape index (κ2) is 7.86. The number of hydrogen-bond acceptors (Lipinski definition) is 7. The van der Waals surface area contributed by atoms with Gasteiger partial charge in [-0.1, -0.05) is 20.8 Å². The smallest absolute Gasteiger partial charge is 0.291 e. The minimum atomic E-state index is -0.513. The van der Waals surface area contributed by atoms with Gasteiger partial charge in [-0.05, 0) is 43.1 Å². The molecule has 0 fully saturated rings. The summed E-state index contributed by atoms with van der Waals surface area (Å²) in [5, 5.41) is 8.24. The minimum Gasteiger partial charge on any atom is -0.354 e. The zero-order valence-corrected chi connectivity index (χ0v) is 19.2. The number of fused-ring (bicyclic) bond motifs is 5. The van der Waals surface area contributed by atoms with Crippen LogP contribution < -0.4 is 5.32 Å². The fraction of sp³-hybridized carbons (Fsp3) is 0.619. The maximum absolute atomic E-state index is 12.6. The number of carbonyl (C=O) groups is 1. The lowest BCUT2D eigenvalue weighted by Crippen LogP contribution is -2.34. The van der Waals surface area contributed by atoms with E-state index in [9.17, 15) is 4.79 Å². The van der Waals surface area contributed by atoms with Crippen molar-refractivity contribution in [3.63, 3.8) is 0 Å². The van der Waals surface area contributed by atoms with Gasteiger partial charge in [0.15, 0.2) is 11.9 Å². The average Bonchev–Trinajstić information content (AvgIpc) is 3.28. The predicted molar refractivity (Wildman–Crippen MR) is 116 cm³/mol. The first-order chi connectivity index (χ1) is 14.2. The molecule has 9 heteroatoms. The Morgan fingerprint density at radius 2 is 2.03 bits per heavy atom. The summed E-state index contributed by atoms with van der Waals surface area (Å²) in [5.74, 6) is 1.15. The Labute approximate surface area is 180 Å². The highest BCUT2D eigenvalue weighted by molar-refractivity contribution is 7.19. The Hall–Kier alpha value is -2.10. The molecule has 3 aromatic rings. The van der Waals surface area contributed by atoms with Crippen molar-refractivity contribution in [2.45, 2.75) is 53.2 Å². The van der Waals surface area contributed by atoms with Crippen LogP contribution in [0, 0.1) is 18.3 Å². The van der Waals surface area contributed by atoms with E-state index in [1.807, 2.05) is 6.92 Å². The van der Waals surface area contributed by atoms with Crippen molar-refractivity contribution in [3.8, 4) is 0 Å². The number of amides is 1. The predicted octanol–water partition coefficient (Wildman–Crippen LogP) is 3.15. The van der Waals surface area contributed by atoms with E-state index in [1.165, 1.54) is 24.7 Å². The maximum atomic E-state index is 12.6. The molecule has 1 aliphatic carbocycles. The molecule has 1 unspecified atom stereocenters. The first-order valence-electron chi connectivity index (χ1n) is 10.2. The number of nitrogens with one attached hydrogen (secondary N) is 1. The van der Waals surface area contributed by atoms with E-state index >= 15 is 0 Å². The zero-order valence-electron chi connectivity index (χ0n) is 18.4. The fourth-order valence-corrected chi connectivity index (χ4v) is 5.47. The van der Waals surface area contributed by atoms with Gasteiger partial charge in [0.2, 0.25) is 5.82 Å². The third-order valence-corrected chi connectivity index (χ3v) is 7.18. The van der Waals surface area contributed by atoms with E-state index < -0.39 is 6.29 Å². The van der Waals surface area contributed by atoms with Crippen LogP contribution in [0.5, 0.6) is 0 Å². The highest BCUT2D eigenvalue weighted by atomic mass is 32.1. The largest absolute Gasteiger partial charge is 0.354 e. The second-order valence-corrected chi connectivity index (χ2v) is 10.0. The van der Waals surface area contributed by atoms with Crippen LogP contribution in [0.1, 0.15) is 54.1 Å². The quantitative estimate of drug-likeness (QED) is 0.624. The van der Waals surface area contributed by atoms with Crippen LogP contribution in [0.2, 0.25) is 0 Å². The Morgan fingerprint density at radius 3 is 2.70 bits per heavy atom. The number of carbonyl (C=O) groups excluding carboxylic acids is 1. The number of thiophene rings is 1. The molecule has 0 radical (unpaired) electrons. The normalized spacial score (nSPS) is 17.1. The lowest BCUT2D eigenvalue weighted by molar-refractivity contribution is -0.0974. The van der Waals surface area contributed by atoms with Crippen LogP contribution >= 0.6 is 11.3 Å². The van der Waals surface area contributed by atoms with Crippen LogP contribution in [-0.4, -0.2) is 52.5 Å². The molecular weight excluding hydrogens is 402 g/mol.